The first kappa shape index (κ1) is 15.5. The van der Waals surface area contributed by atoms with Crippen molar-refractivity contribution in [2.24, 2.45) is 0 Å². The molecule has 0 aliphatic heterocycles. The number of carboxylic acids is 1. The van der Waals surface area contributed by atoms with Crippen LogP contribution in [0.15, 0.2) is 12.7 Å². The zero-order valence-electron chi connectivity index (χ0n) is 10.8. The van der Waals surface area contributed by atoms with Crippen LogP contribution in [0.5, 0.6) is 0 Å². The van der Waals surface area contributed by atoms with E-state index in [4.69, 9.17) is 5.11 Å². The highest BCUT2D eigenvalue weighted by molar-refractivity contribution is 5.76. The highest BCUT2D eigenvalue weighted by Crippen LogP contribution is 2.05. The molecular formula is C12H22N2O3. The summed E-state index contributed by atoms with van der Waals surface area (Å²) in [5, 5.41) is 11.5. The fourth-order valence-corrected chi connectivity index (χ4v) is 1.62. The van der Waals surface area contributed by atoms with Gasteiger partial charge in [-0.2, -0.15) is 0 Å². The third-order valence-corrected chi connectivity index (χ3v) is 2.49. The Bertz CT molecular complexity index is 279. The van der Waals surface area contributed by atoms with Gasteiger partial charge in [0.1, 0.15) is 0 Å². The van der Waals surface area contributed by atoms with Crippen molar-refractivity contribution in [1.29, 1.82) is 0 Å². The third-order valence-electron chi connectivity index (χ3n) is 2.49. The molecule has 98 valence electrons. The standard InChI is InChI=1S/C12H22N2O3/c1-5-7-9(3)13-12(17)14(6-2)10(4)8-11(15)16/h5,9-10H,1,6-8H2,2-4H3,(H,13,17)(H,15,16). The smallest absolute Gasteiger partial charge is 0.317 e. The maximum absolute atomic E-state index is 11.9. The van der Waals surface area contributed by atoms with Crippen LogP contribution in [-0.4, -0.2) is 40.6 Å². The van der Waals surface area contributed by atoms with Crippen LogP contribution in [0.4, 0.5) is 4.79 Å². The summed E-state index contributed by atoms with van der Waals surface area (Å²) in [7, 11) is 0. The summed E-state index contributed by atoms with van der Waals surface area (Å²) >= 11 is 0. The molecule has 0 rings (SSSR count). The Labute approximate surface area is 102 Å². The van der Waals surface area contributed by atoms with Crippen LogP contribution >= 0.6 is 0 Å². The highest BCUT2D eigenvalue weighted by atomic mass is 16.4. The molecule has 0 heterocycles. The lowest BCUT2D eigenvalue weighted by atomic mass is 10.2. The van der Waals surface area contributed by atoms with E-state index < -0.39 is 5.97 Å². The van der Waals surface area contributed by atoms with Crippen molar-refractivity contribution in [1.82, 2.24) is 10.2 Å². The topological polar surface area (TPSA) is 69.6 Å². The Morgan fingerprint density at radius 2 is 2.06 bits per heavy atom. The van der Waals surface area contributed by atoms with Crippen molar-refractivity contribution in [3.8, 4) is 0 Å². The number of hydrogen-bond donors (Lipinski definition) is 2. The monoisotopic (exact) mass is 242 g/mol. The molecule has 2 amide bonds. The van der Waals surface area contributed by atoms with Gasteiger partial charge < -0.3 is 15.3 Å². The molecule has 0 bridgehead atoms. The number of aliphatic carboxylic acids is 1. The molecule has 0 spiro atoms. The maximum atomic E-state index is 11.9. The van der Waals surface area contributed by atoms with Crippen LogP contribution in [-0.2, 0) is 4.79 Å². The van der Waals surface area contributed by atoms with Crippen molar-refractivity contribution in [2.45, 2.75) is 45.7 Å². The average molecular weight is 242 g/mol. The predicted octanol–water partition coefficient (Wildman–Crippen LogP) is 1.85. The van der Waals surface area contributed by atoms with Crippen LogP contribution in [0.3, 0.4) is 0 Å². The third kappa shape index (κ3) is 5.94. The molecule has 0 fully saturated rings. The van der Waals surface area contributed by atoms with Gasteiger partial charge in [0.2, 0.25) is 0 Å². The van der Waals surface area contributed by atoms with Crippen LogP contribution < -0.4 is 5.32 Å². The Morgan fingerprint density at radius 3 is 2.47 bits per heavy atom. The Morgan fingerprint density at radius 1 is 1.47 bits per heavy atom. The maximum Gasteiger partial charge on any atom is 0.317 e. The molecule has 0 aromatic heterocycles. The summed E-state index contributed by atoms with van der Waals surface area (Å²) in [6, 6.07) is -0.532. The van der Waals surface area contributed by atoms with Crippen molar-refractivity contribution in [3.05, 3.63) is 12.7 Å². The predicted molar refractivity (Wildman–Crippen MR) is 66.9 cm³/mol. The van der Waals surface area contributed by atoms with Gasteiger partial charge in [0, 0.05) is 18.6 Å². The molecule has 2 N–H and O–H groups in total. The van der Waals surface area contributed by atoms with Gasteiger partial charge in [-0.15, -0.1) is 6.58 Å². The van der Waals surface area contributed by atoms with Crippen molar-refractivity contribution < 1.29 is 14.7 Å². The second-order valence-electron chi connectivity index (χ2n) is 4.11. The molecule has 0 aliphatic rings. The van der Waals surface area contributed by atoms with E-state index in [1.807, 2.05) is 13.8 Å². The van der Waals surface area contributed by atoms with E-state index in [1.54, 1.807) is 13.0 Å². The van der Waals surface area contributed by atoms with E-state index >= 15 is 0 Å². The Hall–Kier alpha value is -1.52. The van der Waals surface area contributed by atoms with Crippen molar-refractivity contribution in [3.63, 3.8) is 0 Å². The summed E-state index contributed by atoms with van der Waals surface area (Å²) in [4.78, 5) is 24.0. The molecule has 0 aromatic rings. The fraction of sp³-hybridized carbons (Fsp3) is 0.667. The van der Waals surface area contributed by atoms with Gasteiger partial charge in [-0.05, 0) is 27.2 Å². The number of urea groups is 1. The van der Waals surface area contributed by atoms with Gasteiger partial charge in [0.15, 0.2) is 0 Å². The minimum Gasteiger partial charge on any atom is -0.481 e. The van der Waals surface area contributed by atoms with Gasteiger partial charge in [-0.3, -0.25) is 4.79 Å². The Kier molecular flexibility index (Phi) is 7.02. The summed E-state index contributed by atoms with van der Waals surface area (Å²) in [5.41, 5.74) is 0. The van der Waals surface area contributed by atoms with E-state index in [0.717, 1.165) is 0 Å². The molecule has 17 heavy (non-hydrogen) atoms. The molecule has 2 unspecified atom stereocenters. The number of carboxylic acid groups (broad SMARTS) is 1. The second kappa shape index (κ2) is 7.70. The zero-order valence-corrected chi connectivity index (χ0v) is 10.8. The molecule has 2 atom stereocenters. The zero-order chi connectivity index (χ0) is 13.4. The number of carbonyl (C=O) groups excluding carboxylic acids is 1. The number of carbonyl (C=O) groups is 2. The van der Waals surface area contributed by atoms with Gasteiger partial charge in [-0.1, -0.05) is 6.08 Å². The molecule has 5 nitrogen and oxygen atoms in total. The second-order valence-corrected chi connectivity index (χ2v) is 4.11. The molecule has 0 aliphatic carbocycles. The van der Waals surface area contributed by atoms with Gasteiger partial charge in [0.25, 0.3) is 0 Å². The summed E-state index contributed by atoms with van der Waals surface area (Å²) < 4.78 is 0. The van der Waals surface area contributed by atoms with Gasteiger partial charge in [-0.25, -0.2) is 4.79 Å². The van der Waals surface area contributed by atoms with Crippen LogP contribution in [0, 0.1) is 0 Å². The van der Waals surface area contributed by atoms with Gasteiger partial charge in [0.05, 0.1) is 6.42 Å². The molecular weight excluding hydrogens is 220 g/mol. The number of nitrogens with one attached hydrogen (secondary N) is 1. The highest BCUT2D eigenvalue weighted by Gasteiger charge is 2.21. The lowest BCUT2D eigenvalue weighted by Gasteiger charge is -2.28. The summed E-state index contributed by atoms with van der Waals surface area (Å²) in [6.07, 6.45) is 2.38. The number of nitrogens with zero attached hydrogens (tertiary/aromatic N) is 1. The molecule has 0 saturated carbocycles. The summed E-state index contributed by atoms with van der Waals surface area (Å²) in [6.45, 7) is 9.54. The Balaban J connectivity index is 4.38. The van der Waals surface area contributed by atoms with Crippen molar-refractivity contribution >= 4 is 12.0 Å². The quantitative estimate of drug-likeness (QED) is 0.669. The van der Waals surface area contributed by atoms with E-state index in [9.17, 15) is 9.59 Å². The van der Waals surface area contributed by atoms with E-state index in [-0.39, 0.29) is 24.5 Å². The first-order chi connectivity index (χ1) is 7.92. The summed E-state index contributed by atoms with van der Waals surface area (Å²) in [5.74, 6) is -0.900. The van der Waals surface area contributed by atoms with Crippen LogP contribution in [0.25, 0.3) is 0 Å². The van der Waals surface area contributed by atoms with Crippen LogP contribution in [0.2, 0.25) is 0 Å². The number of hydrogen-bond acceptors (Lipinski definition) is 2. The SMILES string of the molecule is C=CCC(C)NC(=O)N(CC)C(C)CC(=O)O. The first-order valence-corrected chi connectivity index (χ1v) is 5.82. The number of amides is 2. The molecule has 0 aromatic carbocycles. The van der Waals surface area contributed by atoms with Crippen molar-refractivity contribution in [2.75, 3.05) is 6.54 Å². The van der Waals surface area contributed by atoms with E-state index in [0.29, 0.717) is 13.0 Å². The number of rotatable bonds is 7. The first-order valence-electron chi connectivity index (χ1n) is 5.82. The lowest BCUT2D eigenvalue weighted by molar-refractivity contribution is -0.138. The minimum absolute atomic E-state index is 0.00563. The molecule has 0 radical (unpaired) electrons. The lowest BCUT2D eigenvalue weighted by Crippen LogP contribution is -2.48. The van der Waals surface area contributed by atoms with E-state index in [2.05, 4.69) is 11.9 Å². The normalized spacial score (nSPS) is 13.6. The molecule has 0 saturated heterocycles. The fourth-order valence-electron chi connectivity index (χ4n) is 1.62. The average Bonchev–Trinajstić information content (AvgIpc) is 2.17. The minimum atomic E-state index is -0.900. The van der Waals surface area contributed by atoms with Crippen LogP contribution in [0.1, 0.15) is 33.6 Å². The largest absolute Gasteiger partial charge is 0.481 e. The molecule has 5 heteroatoms. The van der Waals surface area contributed by atoms with Gasteiger partial charge >= 0.3 is 12.0 Å². The van der Waals surface area contributed by atoms with E-state index in [1.165, 1.54) is 4.90 Å².